The Morgan fingerprint density at radius 1 is 1.61 bits per heavy atom. The van der Waals surface area contributed by atoms with Crippen molar-refractivity contribution >= 4 is 21.8 Å². The summed E-state index contributed by atoms with van der Waals surface area (Å²) in [6, 6.07) is 1.37. The first kappa shape index (κ1) is 13.9. The van der Waals surface area contributed by atoms with Gasteiger partial charge in [-0.15, -0.1) is 0 Å². The molecule has 1 aliphatic rings. The number of aliphatic hydroxyl groups excluding tert-OH is 1. The maximum Gasteiger partial charge on any atom is 0.244 e. The van der Waals surface area contributed by atoms with Crippen LogP contribution >= 0.6 is 11.8 Å². The summed E-state index contributed by atoms with van der Waals surface area (Å²) in [5.41, 5.74) is 0. The summed E-state index contributed by atoms with van der Waals surface area (Å²) < 4.78 is 31.9. The van der Waals surface area contributed by atoms with E-state index >= 15 is 0 Å². The van der Waals surface area contributed by atoms with E-state index in [2.05, 4.69) is 4.72 Å². The van der Waals surface area contributed by atoms with Crippen LogP contribution in [0.15, 0.2) is 15.4 Å². The standard InChI is InChI=1S/C11H17NO4S2/c1-8-11(5-9(7-13)16-8)18(14,15)12-6-10-3-2-4-17-10/h5,10,12-13H,2-4,6-7H2,1H3. The van der Waals surface area contributed by atoms with Crippen molar-refractivity contribution in [2.24, 2.45) is 0 Å². The lowest BCUT2D eigenvalue weighted by Gasteiger charge is -2.10. The van der Waals surface area contributed by atoms with Gasteiger partial charge in [0.15, 0.2) is 0 Å². The number of aryl methyl sites for hydroxylation is 1. The lowest BCUT2D eigenvalue weighted by molar-refractivity contribution is 0.244. The highest BCUT2D eigenvalue weighted by atomic mass is 32.2. The van der Waals surface area contributed by atoms with Gasteiger partial charge in [-0.25, -0.2) is 13.1 Å². The molecule has 2 heterocycles. The van der Waals surface area contributed by atoms with E-state index in [1.807, 2.05) is 0 Å². The zero-order valence-corrected chi connectivity index (χ0v) is 11.8. The average Bonchev–Trinajstić information content (AvgIpc) is 2.95. The van der Waals surface area contributed by atoms with Crippen molar-refractivity contribution in [1.82, 2.24) is 4.72 Å². The quantitative estimate of drug-likeness (QED) is 0.853. The van der Waals surface area contributed by atoms with Gasteiger partial charge in [0.25, 0.3) is 0 Å². The van der Waals surface area contributed by atoms with Gasteiger partial charge in [-0.3, -0.25) is 0 Å². The SMILES string of the molecule is Cc1oc(CO)cc1S(=O)(=O)NCC1CCCS1. The third kappa shape index (κ3) is 3.09. The maximum atomic E-state index is 12.1. The van der Waals surface area contributed by atoms with Crippen molar-refractivity contribution in [3.05, 3.63) is 17.6 Å². The molecule has 0 spiro atoms. The van der Waals surface area contributed by atoms with Crippen LogP contribution in [0.2, 0.25) is 0 Å². The molecule has 2 N–H and O–H groups in total. The Hall–Kier alpha value is -0.500. The number of nitrogens with one attached hydrogen (secondary N) is 1. The van der Waals surface area contributed by atoms with Crippen LogP contribution in [0.1, 0.15) is 24.4 Å². The number of rotatable bonds is 5. The number of hydrogen-bond acceptors (Lipinski definition) is 5. The highest BCUT2D eigenvalue weighted by molar-refractivity contribution is 8.00. The Balaban J connectivity index is 2.06. The van der Waals surface area contributed by atoms with Crippen LogP contribution in [0.5, 0.6) is 0 Å². The molecule has 0 radical (unpaired) electrons. The van der Waals surface area contributed by atoms with Gasteiger partial charge in [-0.2, -0.15) is 11.8 Å². The van der Waals surface area contributed by atoms with E-state index in [0.717, 1.165) is 18.6 Å². The Kier molecular flexibility index (Phi) is 4.37. The van der Waals surface area contributed by atoms with Gasteiger partial charge in [-0.05, 0) is 25.5 Å². The predicted molar refractivity (Wildman–Crippen MR) is 70.0 cm³/mol. The molecule has 1 saturated heterocycles. The van der Waals surface area contributed by atoms with Crippen LogP contribution in [0.25, 0.3) is 0 Å². The number of sulfonamides is 1. The molecule has 2 rings (SSSR count). The third-order valence-corrected chi connectivity index (χ3v) is 5.82. The number of hydrogen-bond donors (Lipinski definition) is 2. The van der Waals surface area contributed by atoms with Gasteiger partial charge in [-0.1, -0.05) is 0 Å². The molecule has 0 saturated carbocycles. The van der Waals surface area contributed by atoms with Crippen molar-refractivity contribution in [1.29, 1.82) is 0 Å². The lowest BCUT2D eigenvalue weighted by Crippen LogP contribution is -2.30. The van der Waals surface area contributed by atoms with E-state index in [1.165, 1.54) is 6.07 Å². The van der Waals surface area contributed by atoms with Crippen LogP contribution in [0.3, 0.4) is 0 Å². The first-order chi connectivity index (χ1) is 8.53. The Morgan fingerprint density at radius 3 is 2.94 bits per heavy atom. The topological polar surface area (TPSA) is 79.5 Å². The molecule has 0 aliphatic carbocycles. The molecular weight excluding hydrogens is 274 g/mol. The fourth-order valence-corrected chi connectivity index (χ4v) is 4.54. The molecule has 7 heteroatoms. The van der Waals surface area contributed by atoms with E-state index in [1.54, 1.807) is 18.7 Å². The maximum absolute atomic E-state index is 12.1. The molecule has 0 amide bonds. The normalized spacial score (nSPS) is 20.4. The zero-order valence-electron chi connectivity index (χ0n) is 10.2. The summed E-state index contributed by atoms with van der Waals surface area (Å²) in [6.45, 7) is 1.74. The van der Waals surface area contributed by atoms with Crippen LogP contribution in [-0.4, -0.2) is 31.1 Å². The summed E-state index contributed by atoms with van der Waals surface area (Å²) in [7, 11) is -3.54. The molecule has 1 atom stereocenters. The van der Waals surface area contributed by atoms with Gasteiger partial charge in [0.1, 0.15) is 23.0 Å². The summed E-state index contributed by atoms with van der Waals surface area (Å²) in [5, 5.41) is 9.30. The van der Waals surface area contributed by atoms with Crippen LogP contribution in [0, 0.1) is 6.92 Å². The van der Waals surface area contributed by atoms with Crippen molar-refractivity contribution in [2.45, 2.75) is 36.5 Å². The van der Waals surface area contributed by atoms with E-state index in [0.29, 0.717) is 17.6 Å². The van der Waals surface area contributed by atoms with Gasteiger partial charge in [0.05, 0.1) is 0 Å². The summed E-state index contributed by atoms with van der Waals surface area (Å²) >= 11 is 1.80. The predicted octanol–water partition coefficient (Wildman–Crippen LogP) is 1.25. The fourth-order valence-electron chi connectivity index (χ4n) is 1.95. The fraction of sp³-hybridized carbons (Fsp3) is 0.636. The molecular formula is C11H17NO4S2. The largest absolute Gasteiger partial charge is 0.462 e. The molecule has 1 fully saturated rings. The molecule has 18 heavy (non-hydrogen) atoms. The van der Waals surface area contributed by atoms with Crippen molar-refractivity contribution < 1.29 is 17.9 Å². The lowest BCUT2D eigenvalue weighted by atomic mass is 10.2. The van der Waals surface area contributed by atoms with E-state index in [-0.39, 0.29) is 17.3 Å². The minimum atomic E-state index is -3.54. The smallest absolute Gasteiger partial charge is 0.244 e. The highest BCUT2D eigenvalue weighted by Gasteiger charge is 2.23. The molecule has 0 bridgehead atoms. The minimum absolute atomic E-state index is 0.120. The van der Waals surface area contributed by atoms with Crippen molar-refractivity contribution in [3.63, 3.8) is 0 Å². The van der Waals surface area contributed by atoms with Crippen LogP contribution < -0.4 is 4.72 Å². The molecule has 1 aromatic heterocycles. The van der Waals surface area contributed by atoms with E-state index in [9.17, 15) is 8.42 Å². The monoisotopic (exact) mass is 291 g/mol. The first-order valence-corrected chi connectivity index (χ1v) is 8.37. The first-order valence-electron chi connectivity index (χ1n) is 5.84. The molecule has 5 nitrogen and oxygen atoms in total. The Labute approximate surface area is 111 Å². The Morgan fingerprint density at radius 2 is 2.39 bits per heavy atom. The van der Waals surface area contributed by atoms with Crippen LogP contribution in [0.4, 0.5) is 0 Å². The van der Waals surface area contributed by atoms with E-state index in [4.69, 9.17) is 9.52 Å². The second-order valence-electron chi connectivity index (χ2n) is 4.28. The zero-order chi connectivity index (χ0) is 13.2. The second kappa shape index (κ2) is 5.64. The molecule has 0 aromatic carbocycles. The number of thioether (sulfide) groups is 1. The molecule has 1 unspecified atom stereocenters. The molecule has 1 aliphatic heterocycles. The average molecular weight is 291 g/mol. The Bertz CT molecular complexity index is 503. The minimum Gasteiger partial charge on any atom is -0.462 e. The molecule has 1 aromatic rings. The van der Waals surface area contributed by atoms with Gasteiger partial charge in [0, 0.05) is 17.9 Å². The van der Waals surface area contributed by atoms with Crippen molar-refractivity contribution in [3.8, 4) is 0 Å². The number of aliphatic hydroxyl groups is 1. The summed E-state index contributed by atoms with van der Waals surface area (Å²) in [5.74, 6) is 1.68. The van der Waals surface area contributed by atoms with Crippen molar-refractivity contribution in [2.75, 3.05) is 12.3 Å². The van der Waals surface area contributed by atoms with Crippen LogP contribution in [-0.2, 0) is 16.6 Å². The van der Waals surface area contributed by atoms with E-state index < -0.39 is 10.0 Å². The molecule has 102 valence electrons. The summed E-state index contributed by atoms with van der Waals surface area (Å²) in [4.78, 5) is 0.120. The summed E-state index contributed by atoms with van der Waals surface area (Å²) in [6.07, 6.45) is 2.20. The highest BCUT2D eigenvalue weighted by Crippen LogP contribution is 2.26. The second-order valence-corrected chi connectivity index (χ2v) is 7.42. The number of furan rings is 1. The van der Waals surface area contributed by atoms with Gasteiger partial charge >= 0.3 is 0 Å². The third-order valence-electron chi connectivity index (χ3n) is 2.89. The van der Waals surface area contributed by atoms with Gasteiger partial charge in [0.2, 0.25) is 10.0 Å². The van der Waals surface area contributed by atoms with Gasteiger partial charge < -0.3 is 9.52 Å².